The zero-order valence-electron chi connectivity index (χ0n) is 14.1. The van der Waals surface area contributed by atoms with Crippen LogP contribution in [-0.4, -0.2) is 37.0 Å². The van der Waals surface area contributed by atoms with Crippen LogP contribution in [0.5, 0.6) is 0 Å². The van der Waals surface area contributed by atoms with Crippen molar-refractivity contribution >= 4 is 12.0 Å². The van der Waals surface area contributed by atoms with Crippen molar-refractivity contribution in [3.63, 3.8) is 0 Å². The van der Waals surface area contributed by atoms with Crippen LogP contribution in [0.2, 0.25) is 0 Å². The van der Waals surface area contributed by atoms with E-state index in [1.165, 1.54) is 19.3 Å². The predicted molar refractivity (Wildman–Crippen MR) is 91.1 cm³/mol. The molecule has 1 N–H and O–H groups in total. The molecule has 7 heteroatoms. The Morgan fingerprint density at radius 3 is 3.08 bits per heavy atom. The zero-order valence-corrected chi connectivity index (χ0v) is 14.1. The van der Waals surface area contributed by atoms with Gasteiger partial charge in [-0.25, -0.2) is 0 Å². The van der Waals surface area contributed by atoms with Gasteiger partial charge in [-0.2, -0.15) is 5.10 Å². The van der Waals surface area contributed by atoms with E-state index in [2.05, 4.69) is 25.2 Å². The molecule has 1 aliphatic heterocycles. The van der Waals surface area contributed by atoms with E-state index in [0.29, 0.717) is 6.54 Å². The Bertz CT molecular complexity index is 714. The summed E-state index contributed by atoms with van der Waals surface area (Å²) in [5.41, 5.74) is 0.916. The minimum Gasteiger partial charge on any atom is -0.353 e. The summed E-state index contributed by atoms with van der Waals surface area (Å²) in [7, 11) is 1.85. The van der Waals surface area contributed by atoms with Crippen molar-refractivity contribution in [2.45, 2.75) is 45.1 Å². The van der Waals surface area contributed by atoms with E-state index in [1.54, 1.807) is 23.0 Å². The molecule has 0 atom stereocenters. The van der Waals surface area contributed by atoms with Gasteiger partial charge in [0.05, 0.1) is 6.20 Å². The smallest absolute Gasteiger partial charge is 0.244 e. The first-order valence-electron chi connectivity index (χ1n) is 8.58. The Hall–Kier alpha value is -2.44. The second kappa shape index (κ2) is 7.90. The quantitative estimate of drug-likeness (QED) is 0.644. The normalized spacial score (nSPS) is 14.5. The maximum absolute atomic E-state index is 11.8. The van der Waals surface area contributed by atoms with Gasteiger partial charge < -0.3 is 9.88 Å². The van der Waals surface area contributed by atoms with Crippen LogP contribution in [-0.2, 0) is 31.2 Å². The highest BCUT2D eigenvalue weighted by atomic mass is 16.1. The van der Waals surface area contributed by atoms with Gasteiger partial charge in [-0.15, -0.1) is 10.2 Å². The molecule has 0 fully saturated rings. The van der Waals surface area contributed by atoms with Crippen molar-refractivity contribution in [3.05, 3.63) is 35.7 Å². The van der Waals surface area contributed by atoms with Crippen LogP contribution in [0.15, 0.2) is 18.5 Å². The molecular formula is C17H24N6O. The van der Waals surface area contributed by atoms with E-state index in [4.69, 9.17) is 0 Å². The lowest BCUT2D eigenvalue weighted by Crippen LogP contribution is -2.22. The molecule has 0 saturated heterocycles. The van der Waals surface area contributed by atoms with Gasteiger partial charge in [-0.05, 0) is 25.3 Å². The second-order valence-corrected chi connectivity index (χ2v) is 6.17. The van der Waals surface area contributed by atoms with Crippen LogP contribution in [0.3, 0.4) is 0 Å². The first kappa shape index (κ1) is 16.4. The molecule has 3 heterocycles. The van der Waals surface area contributed by atoms with Crippen molar-refractivity contribution in [1.82, 2.24) is 29.9 Å². The van der Waals surface area contributed by atoms with Crippen molar-refractivity contribution < 1.29 is 4.79 Å². The van der Waals surface area contributed by atoms with Crippen molar-refractivity contribution in [2.24, 2.45) is 7.05 Å². The lowest BCUT2D eigenvalue weighted by atomic mass is 10.2. The molecule has 128 valence electrons. The van der Waals surface area contributed by atoms with Crippen LogP contribution < -0.4 is 5.32 Å². The summed E-state index contributed by atoms with van der Waals surface area (Å²) in [4.78, 5) is 11.8. The molecule has 7 nitrogen and oxygen atoms in total. The number of amides is 1. The van der Waals surface area contributed by atoms with Gasteiger partial charge in [-0.1, -0.05) is 6.42 Å². The predicted octanol–water partition coefficient (Wildman–Crippen LogP) is 1.50. The van der Waals surface area contributed by atoms with Gasteiger partial charge in [0.15, 0.2) is 0 Å². The lowest BCUT2D eigenvalue weighted by molar-refractivity contribution is -0.116. The molecule has 1 amide bonds. The Morgan fingerprint density at radius 1 is 1.33 bits per heavy atom. The molecule has 0 aromatic carbocycles. The SMILES string of the molecule is Cn1cc(C=CC(=O)NCCCc2nnc3n2CCCCC3)cn1. The highest BCUT2D eigenvalue weighted by Gasteiger charge is 2.14. The molecule has 3 rings (SSSR count). The molecular weight excluding hydrogens is 304 g/mol. The van der Waals surface area contributed by atoms with E-state index >= 15 is 0 Å². The number of hydrogen-bond donors (Lipinski definition) is 1. The van der Waals surface area contributed by atoms with Crippen LogP contribution >= 0.6 is 0 Å². The van der Waals surface area contributed by atoms with Crippen LogP contribution in [0.25, 0.3) is 6.08 Å². The highest BCUT2D eigenvalue weighted by Crippen LogP contribution is 2.15. The molecule has 0 aliphatic carbocycles. The fourth-order valence-electron chi connectivity index (χ4n) is 2.95. The molecule has 1 aliphatic rings. The Kier molecular flexibility index (Phi) is 5.40. The number of carbonyl (C=O) groups is 1. The van der Waals surface area contributed by atoms with Crippen LogP contribution in [0.1, 0.15) is 42.9 Å². The van der Waals surface area contributed by atoms with Crippen molar-refractivity contribution in [1.29, 1.82) is 0 Å². The summed E-state index contributed by atoms with van der Waals surface area (Å²) in [6.45, 7) is 1.66. The summed E-state index contributed by atoms with van der Waals surface area (Å²) in [5, 5.41) is 15.6. The average Bonchev–Trinajstić information content (AvgIpc) is 3.08. The van der Waals surface area contributed by atoms with Gasteiger partial charge in [-0.3, -0.25) is 9.48 Å². The molecule has 0 bridgehead atoms. The number of fused-ring (bicyclic) bond motifs is 1. The fourth-order valence-corrected chi connectivity index (χ4v) is 2.95. The van der Waals surface area contributed by atoms with E-state index in [9.17, 15) is 4.79 Å². The lowest BCUT2D eigenvalue weighted by Gasteiger charge is -2.07. The number of aryl methyl sites for hydroxylation is 3. The Morgan fingerprint density at radius 2 is 2.25 bits per heavy atom. The standard InChI is InChI=1S/C17H24N6O/c1-22-13-14(12-19-22)8-9-17(24)18-10-5-7-16-21-20-15-6-3-2-4-11-23(15)16/h8-9,12-13H,2-7,10-11H2,1H3,(H,18,24). The number of nitrogens with zero attached hydrogens (tertiary/aromatic N) is 5. The third-order valence-corrected chi connectivity index (χ3v) is 4.21. The maximum atomic E-state index is 11.8. The monoisotopic (exact) mass is 328 g/mol. The molecule has 2 aromatic rings. The highest BCUT2D eigenvalue weighted by molar-refractivity contribution is 5.91. The molecule has 24 heavy (non-hydrogen) atoms. The van der Waals surface area contributed by atoms with Gasteiger partial charge in [0.25, 0.3) is 0 Å². The maximum Gasteiger partial charge on any atom is 0.244 e. The molecule has 0 unspecified atom stereocenters. The van der Waals surface area contributed by atoms with Crippen molar-refractivity contribution in [2.75, 3.05) is 6.54 Å². The summed E-state index contributed by atoms with van der Waals surface area (Å²) in [6.07, 6.45) is 13.3. The number of rotatable bonds is 6. The molecule has 2 aromatic heterocycles. The van der Waals surface area contributed by atoms with Crippen LogP contribution in [0, 0.1) is 0 Å². The number of carbonyl (C=O) groups excluding carboxylic acids is 1. The number of aromatic nitrogens is 5. The number of hydrogen-bond acceptors (Lipinski definition) is 4. The first-order valence-corrected chi connectivity index (χ1v) is 8.58. The summed E-state index contributed by atoms with van der Waals surface area (Å²) in [5.74, 6) is 2.08. The molecule has 0 saturated carbocycles. The second-order valence-electron chi connectivity index (χ2n) is 6.17. The van der Waals surface area contributed by atoms with Gasteiger partial charge >= 0.3 is 0 Å². The Labute approximate surface area is 141 Å². The van der Waals surface area contributed by atoms with E-state index in [0.717, 1.165) is 43.0 Å². The van der Waals surface area contributed by atoms with E-state index in [-0.39, 0.29) is 5.91 Å². The van der Waals surface area contributed by atoms with Gasteiger partial charge in [0.2, 0.25) is 5.91 Å². The third kappa shape index (κ3) is 4.31. The average molecular weight is 328 g/mol. The Balaban J connectivity index is 1.41. The fraction of sp³-hybridized carbons (Fsp3) is 0.529. The summed E-state index contributed by atoms with van der Waals surface area (Å²) >= 11 is 0. The van der Waals surface area contributed by atoms with E-state index in [1.807, 2.05) is 13.2 Å². The summed E-state index contributed by atoms with van der Waals surface area (Å²) in [6, 6.07) is 0. The minimum absolute atomic E-state index is 0.0843. The largest absolute Gasteiger partial charge is 0.353 e. The van der Waals surface area contributed by atoms with Crippen LogP contribution in [0.4, 0.5) is 0 Å². The zero-order chi connectivity index (χ0) is 16.8. The first-order chi connectivity index (χ1) is 11.7. The molecule has 0 spiro atoms. The third-order valence-electron chi connectivity index (χ3n) is 4.21. The van der Waals surface area contributed by atoms with E-state index < -0.39 is 0 Å². The summed E-state index contributed by atoms with van der Waals surface area (Å²) < 4.78 is 3.97. The molecule has 0 radical (unpaired) electrons. The number of nitrogens with one attached hydrogen (secondary N) is 1. The minimum atomic E-state index is -0.0843. The van der Waals surface area contributed by atoms with Gasteiger partial charge in [0.1, 0.15) is 11.6 Å². The van der Waals surface area contributed by atoms with Crippen molar-refractivity contribution in [3.8, 4) is 0 Å². The topological polar surface area (TPSA) is 77.6 Å². The van der Waals surface area contributed by atoms with Gasteiger partial charge in [0, 0.05) is 50.8 Å².